The van der Waals surface area contributed by atoms with Crippen LogP contribution in [0.4, 0.5) is 19.1 Å². The Hall–Kier alpha value is -3.02. The first kappa shape index (κ1) is 20.3. The summed E-state index contributed by atoms with van der Waals surface area (Å²) in [5.74, 6) is -0.367. The largest absolute Gasteiger partial charge is 0.434 e. The van der Waals surface area contributed by atoms with Crippen LogP contribution >= 0.6 is 0 Å². The van der Waals surface area contributed by atoms with E-state index in [9.17, 15) is 26.4 Å². The molecule has 30 heavy (non-hydrogen) atoms. The van der Waals surface area contributed by atoms with Crippen LogP contribution in [-0.4, -0.2) is 46.5 Å². The third-order valence-corrected chi connectivity index (χ3v) is 5.97. The van der Waals surface area contributed by atoms with Crippen molar-refractivity contribution in [2.75, 3.05) is 17.7 Å². The van der Waals surface area contributed by atoms with Crippen molar-refractivity contribution in [2.45, 2.75) is 31.1 Å². The summed E-state index contributed by atoms with van der Waals surface area (Å²) in [6, 6.07) is 4.60. The summed E-state index contributed by atoms with van der Waals surface area (Å²) in [7, 11) is -3.39. The molecule has 0 fully saturated rings. The van der Waals surface area contributed by atoms with Crippen LogP contribution in [-0.2, 0) is 29.1 Å². The normalized spacial score (nSPS) is 14.8. The molecular formula is C18H16F3N5O3S. The van der Waals surface area contributed by atoms with E-state index in [1.807, 2.05) is 4.57 Å². The van der Waals surface area contributed by atoms with Gasteiger partial charge in [-0.05, 0) is 25.1 Å². The van der Waals surface area contributed by atoms with Gasteiger partial charge >= 0.3 is 6.18 Å². The van der Waals surface area contributed by atoms with Gasteiger partial charge in [-0.15, -0.1) is 0 Å². The van der Waals surface area contributed by atoms with Crippen LogP contribution in [0.15, 0.2) is 29.3 Å². The summed E-state index contributed by atoms with van der Waals surface area (Å²) in [6.07, 6.45) is -2.78. The summed E-state index contributed by atoms with van der Waals surface area (Å²) in [5, 5.41) is 0. The highest BCUT2D eigenvalue weighted by atomic mass is 32.2. The van der Waals surface area contributed by atoms with E-state index in [1.165, 1.54) is 17.0 Å². The van der Waals surface area contributed by atoms with E-state index in [4.69, 9.17) is 0 Å². The minimum atomic E-state index is -4.79. The van der Waals surface area contributed by atoms with Gasteiger partial charge < -0.3 is 9.47 Å². The number of hydrogen-bond donors (Lipinski definition) is 0. The number of rotatable bonds is 3. The fraction of sp³-hybridized carbons (Fsp3) is 0.333. The molecule has 0 saturated carbocycles. The van der Waals surface area contributed by atoms with Gasteiger partial charge in [0.05, 0.1) is 28.0 Å². The van der Waals surface area contributed by atoms with Crippen molar-refractivity contribution in [2.24, 2.45) is 0 Å². The lowest BCUT2D eigenvalue weighted by atomic mass is 10.1. The van der Waals surface area contributed by atoms with Gasteiger partial charge in [0.2, 0.25) is 5.95 Å². The van der Waals surface area contributed by atoms with Crippen LogP contribution in [0.2, 0.25) is 0 Å². The number of sulfone groups is 1. The number of anilines is 1. The number of carbonyl (C=O) groups is 1. The highest BCUT2D eigenvalue weighted by Crippen LogP contribution is 2.32. The first-order valence-electron chi connectivity index (χ1n) is 8.84. The highest BCUT2D eigenvalue weighted by molar-refractivity contribution is 7.90. The summed E-state index contributed by atoms with van der Waals surface area (Å²) in [5.41, 5.74) is -0.625. The number of imidazole rings is 1. The number of carbonyl (C=O) groups excluding carboxylic acids is 1. The Labute approximate surface area is 169 Å². The molecule has 8 nitrogen and oxygen atoms in total. The van der Waals surface area contributed by atoms with E-state index in [1.54, 1.807) is 6.07 Å². The fourth-order valence-corrected chi connectivity index (χ4v) is 4.03. The molecule has 3 heterocycles. The van der Waals surface area contributed by atoms with Gasteiger partial charge in [0.25, 0.3) is 0 Å². The third-order valence-electron chi connectivity index (χ3n) is 4.86. The molecule has 0 amide bonds. The number of benzene rings is 1. The average molecular weight is 439 g/mol. The second-order valence-electron chi connectivity index (χ2n) is 7.01. The van der Waals surface area contributed by atoms with Gasteiger partial charge in [-0.2, -0.15) is 13.2 Å². The molecule has 4 rings (SSSR count). The van der Waals surface area contributed by atoms with Crippen molar-refractivity contribution >= 4 is 32.6 Å². The second-order valence-corrected chi connectivity index (χ2v) is 9.03. The quantitative estimate of drug-likeness (QED) is 0.578. The average Bonchev–Trinajstić information content (AvgIpc) is 3.03. The fourth-order valence-electron chi connectivity index (χ4n) is 3.39. The van der Waals surface area contributed by atoms with Crippen LogP contribution < -0.4 is 4.90 Å². The Kier molecular flexibility index (Phi) is 4.56. The SMILES string of the molecule is CC(=O)c1cnc(N2CCn3c(nc4ccc(S(C)(=O)=O)cc43)C2)nc1C(F)(F)F. The molecule has 1 aromatic carbocycles. The van der Waals surface area contributed by atoms with E-state index in [-0.39, 0.29) is 23.9 Å². The van der Waals surface area contributed by atoms with E-state index >= 15 is 0 Å². The highest BCUT2D eigenvalue weighted by Gasteiger charge is 2.38. The topological polar surface area (TPSA) is 98.0 Å². The molecule has 2 aromatic heterocycles. The first-order valence-corrected chi connectivity index (χ1v) is 10.7. The van der Waals surface area contributed by atoms with Gasteiger partial charge in [0.15, 0.2) is 21.3 Å². The summed E-state index contributed by atoms with van der Waals surface area (Å²) in [4.78, 5) is 25.2. The number of aromatic nitrogens is 4. The molecule has 0 N–H and O–H groups in total. The van der Waals surface area contributed by atoms with Crippen molar-refractivity contribution in [3.8, 4) is 0 Å². The molecule has 0 atom stereocenters. The van der Waals surface area contributed by atoms with Crippen LogP contribution in [0, 0.1) is 0 Å². The maximum atomic E-state index is 13.3. The minimum Gasteiger partial charge on any atom is -0.332 e. The van der Waals surface area contributed by atoms with Crippen molar-refractivity contribution in [3.05, 3.63) is 41.5 Å². The van der Waals surface area contributed by atoms with Gasteiger partial charge in [-0.3, -0.25) is 4.79 Å². The maximum Gasteiger partial charge on any atom is 0.434 e. The van der Waals surface area contributed by atoms with Crippen molar-refractivity contribution < 1.29 is 26.4 Å². The number of alkyl halides is 3. The third kappa shape index (κ3) is 3.51. The van der Waals surface area contributed by atoms with Gasteiger partial charge in [0, 0.05) is 25.5 Å². The second kappa shape index (κ2) is 6.76. The first-order chi connectivity index (χ1) is 13.9. The molecule has 0 radical (unpaired) electrons. The molecule has 1 aliphatic rings. The molecule has 3 aromatic rings. The predicted molar refractivity (Wildman–Crippen MR) is 101 cm³/mol. The zero-order valence-electron chi connectivity index (χ0n) is 15.9. The van der Waals surface area contributed by atoms with Crippen molar-refractivity contribution in [1.82, 2.24) is 19.5 Å². The summed E-state index contributed by atoms with van der Waals surface area (Å²) in [6.45, 7) is 1.82. The smallest absolute Gasteiger partial charge is 0.332 e. The Balaban J connectivity index is 1.72. The molecule has 12 heteroatoms. The maximum absolute atomic E-state index is 13.3. The van der Waals surface area contributed by atoms with Crippen molar-refractivity contribution in [1.29, 1.82) is 0 Å². The lowest BCUT2D eigenvalue weighted by Gasteiger charge is -2.28. The zero-order valence-corrected chi connectivity index (χ0v) is 16.8. The lowest BCUT2D eigenvalue weighted by molar-refractivity contribution is -0.141. The Morgan fingerprint density at radius 3 is 2.53 bits per heavy atom. The van der Waals surface area contributed by atoms with Crippen molar-refractivity contribution in [3.63, 3.8) is 0 Å². The Morgan fingerprint density at radius 2 is 1.90 bits per heavy atom. The van der Waals surface area contributed by atoms with E-state index in [0.29, 0.717) is 23.4 Å². The molecule has 0 unspecified atom stereocenters. The molecule has 1 aliphatic heterocycles. The number of Topliss-reactive ketones (excluding diaryl/α,β-unsaturated/α-hetero) is 1. The van der Waals surface area contributed by atoms with E-state index in [2.05, 4.69) is 15.0 Å². The monoisotopic (exact) mass is 439 g/mol. The molecule has 0 aliphatic carbocycles. The Bertz CT molecular complexity index is 1280. The zero-order chi connectivity index (χ0) is 21.8. The number of halogens is 3. The number of ketones is 1. The summed E-state index contributed by atoms with van der Waals surface area (Å²) >= 11 is 0. The molecule has 0 saturated heterocycles. The van der Waals surface area contributed by atoms with Crippen LogP contribution in [0.5, 0.6) is 0 Å². The van der Waals surface area contributed by atoms with Gasteiger partial charge in [-0.25, -0.2) is 23.4 Å². The van der Waals surface area contributed by atoms with Crippen LogP contribution in [0.3, 0.4) is 0 Å². The number of nitrogens with zero attached hydrogens (tertiary/aromatic N) is 5. The standard InChI is InChI=1S/C18H16F3N5O3S/c1-10(27)12-8-22-17(24-16(12)18(19,20)21)25-5-6-26-14-7-11(30(2,28)29)3-4-13(14)23-15(26)9-25/h3-4,7-8H,5-6,9H2,1-2H3. The van der Waals surface area contributed by atoms with Gasteiger partial charge in [-0.1, -0.05) is 0 Å². The molecular weight excluding hydrogens is 423 g/mol. The number of hydrogen-bond acceptors (Lipinski definition) is 7. The molecule has 158 valence electrons. The number of fused-ring (bicyclic) bond motifs is 3. The van der Waals surface area contributed by atoms with Crippen LogP contribution in [0.25, 0.3) is 11.0 Å². The molecule has 0 bridgehead atoms. The van der Waals surface area contributed by atoms with E-state index < -0.39 is 33.1 Å². The summed E-state index contributed by atoms with van der Waals surface area (Å²) < 4.78 is 65.5. The lowest BCUT2D eigenvalue weighted by Crippen LogP contribution is -2.35. The van der Waals surface area contributed by atoms with Gasteiger partial charge in [0.1, 0.15) is 5.82 Å². The van der Waals surface area contributed by atoms with E-state index in [0.717, 1.165) is 19.4 Å². The Morgan fingerprint density at radius 1 is 1.17 bits per heavy atom. The minimum absolute atomic E-state index is 0.138. The molecule has 0 spiro atoms. The predicted octanol–water partition coefficient (Wildman–Crippen LogP) is 2.47. The van der Waals surface area contributed by atoms with Crippen LogP contribution in [0.1, 0.15) is 28.8 Å².